The van der Waals surface area contributed by atoms with E-state index in [9.17, 15) is 9.18 Å². The Labute approximate surface area is 140 Å². The van der Waals surface area contributed by atoms with E-state index in [0.29, 0.717) is 5.56 Å². The summed E-state index contributed by atoms with van der Waals surface area (Å²) in [6, 6.07) is 10.4. The first kappa shape index (κ1) is 16.3. The molecule has 0 bridgehead atoms. The van der Waals surface area contributed by atoms with E-state index >= 15 is 0 Å². The van der Waals surface area contributed by atoms with Crippen LogP contribution in [0.15, 0.2) is 36.4 Å². The molecule has 0 radical (unpaired) electrons. The van der Waals surface area contributed by atoms with Crippen molar-refractivity contribution in [1.82, 2.24) is 5.32 Å². The van der Waals surface area contributed by atoms with Crippen LogP contribution in [-0.4, -0.2) is 18.3 Å². The number of amides is 1. The Morgan fingerprint density at radius 1 is 1.33 bits per heavy atom. The molecule has 0 heterocycles. The highest BCUT2D eigenvalue weighted by Crippen LogP contribution is 2.46. The molecule has 0 saturated heterocycles. The van der Waals surface area contributed by atoms with Crippen molar-refractivity contribution >= 4 is 6.09 Å². The van der Waals surface area contributed by atoms with Crippen LogP contribution in [0.4, 0.5) is 9.18 Å². The zero-order valence-electron chi connectivity index (χ0n) is 13.9. The number of carbonyl (C=O) groups is 1. The maximum Gasteiger partial charge on any atom is 0.405 e. The van der Waals surface area contributed by atoms with Crippen molar-refractivity contribution in [1.29, 1.82) is 0 Å². The Morgan fingerprint density at radius 3 is 2.75 bits per heavy atom. The second-order valence-corrected chi connectivity index (χ2v) is 6.78. The second kappa shape index (κ2) is 5.82. The molecular formula is C19H20FNO3. The predicted octanol–water partition coefficient (Wildman–Crippen LogP) is 4.39. The average molecular weight is 329 g/mol. The molecule has 2 aromatic carbocycles. The molecule has 4 nitrogen and oxygen atoms in total. The third kappa shape index (κ3) is 2.70. The lowest BCUT2D eigenvalue weighted by molar-refractivity contribution is 0.175. The zero-order chi connectivity index (χ0) is 17.5. The highest BCUT2D eigenvalue weighted by Gasteiger charge is 2.40. The van der Waals surface area contributed by atoms with Gasteiger partial charge in [0.25, 0.3) is 0 Å². The molecule has 0 saturated carbocycles. The fourth-order valence-corrected chi connectivity index (χ4v) is 3.51. The standard InChI is InChI=1S/C19H20FNO3/c1-19(2)10-12-9-11(7-8-14(12)17(19)21-18(22)23)13-5-4-6-15(24-3)16(13)20/h4-9,17,21H,10H2,1-3H3,(H,22,23). The summed E-state index contributed by atoms with van der Waals surface area (Å²) in [6.45, 7) is 4.05. The first-order valence-electron chi connectivity index (χ1n) is 7.78. The molecule has 1 aliphatic rings. The van der Waals surface area contributed by atoms with E-state index in [4.69, 9.17) is 9.84 Å². The van der Waals surface area contributed by atoms with Crippen LogP contribution in [0.25, 0.3) is 11.1 Å². The summed E-state index contributed by atoms with van der Waals surface area (Å²) in [5.74, 6) is -0.184. The number of benzene rings is 2. The number of hydrogen-bond donors (Lipinski definition) is 2. The quantitative estimate of drug-likeness (QED) is 0.878. The number of hydrogen-bond acceptors (Lipinski definition) is 2. The third-order valence-corrected chi connectivity index (χ3v) is 4.64. The molecule has 2 N–H and O–H groups in total. The molecule has 2 aromatic rings. The molecule has 24 heavy (non-hydrogen) atoms. The van der Waals surface area contributed by atoms with Crippen molar-refractivity contribution in [3.05, 3.63) is 53.3 Å². The summed E-state index contributed by atoms with van der Waals surface area (Å²) in [6.07, 6.45) is -0.309. The van der Waals surface area contributed by atoms with Crippen LogP contribution >= 0.6 is 0 Å². The lowest BCUT2D eigenvalue weighted by atomic mass is 9.85. The number of carboxylic acid groups (broad SMARTS) is 1. The van der Waals surface area contributed by atoms with Gasteiger partial charge in [0, 0.05) is 5.56 Å². The van der Waals surface area contributed by atoms with Gasteiger partial charge in [-0.15, -0.1) is 0 Å². The smallest absolute Gasteiger partial charge is 0.405 e. The number of methoxy groups -OCH3 is 1. The van der Waals surface area contributed by atoms with Gasteiger partial charge in [0.2, 0.25) is 0 Å². The van der Waals surface area contributed by atoms with Gasteiger partial charge in [0.15, 0.2) is 11.6 Å². The van der Waals surface area contributed by atoms with E-state index in [1.165, 1.54) is 7.11 Å². The van der Waals surface area contributed by atoms with Crippen molar-refractivity contribution in [3.8, 4) is 16.9 Å². The maximum atomic E-state index is 14.5. The molecule has 1 aliphatic carbocycles. The lowest BCUT2D eigenvalue weighted by Crippen LogP contribution is -2.34. The van der Waals surface area contributed by atoms with Gasteiger partial charge in [0.1, 0.15) is 0 Å². The first-order valence-corrected chi connectivity index (χ1v) is 7.78. The molecule has 5 heteroatoms. The van der Waals surface area contributed by atoms with Gasteiger partial charge in [-0.3, -0.25) is 0 Å². The van der Waals surface area contributed by atoms with Crippen molar-refractivity contribution in [3.63, 3.8) is 0 Å². The summed E-state index contributed by atoms with van der Waals surface area (Å²) >= 11 is 0. The van der Waals surface area contributed by atoms with Crippen LogP contribution in [0.3, 0.4) is 0 Å². The number of halogens is 1. The van der Waals surface area contributed by atoms with E-state index in [-0.39, 0.29) is 17.2 Å². The van der Waals surface area contributed by atoms with Crippen LogP contribution in [-0.2, 0) is 6.42 Å². The molecule has 1 atom stereocenters. The molecule has 3 rings (SSSR count). The Balaban J connectivity index is 2.04. The minimum absolute atomic E-state index is 0.207. The Morgan fingerprint density at radius 2 is 2.08 bits per heavy atom. The molecule has 126 valence electrons. The topological polar surface area (TPSA) is 58.6 Å². The largest absolute Gasteiger partial charge is 0.494 e. The van der Waals surface area contributed by atoms with E-state index in [1.54, 1.807) is 18.2 Å². The van der Waals surface area contributed by atoms with Crippen molar-refractivity contribution < 1.29 is 19.0 Å². The number of ether oxygens (including phenoxy) is 1. The van der Waals surface area contributed by atoms with Crippen LogP contribution in [0.5, 0.6) is 5.75 Å². The van der Waals surface area contributed by atoms with Gasteiger partial charge in [-0.25, -0.2) is 9.18 Å². The summed E-state index contributed by atoms with van der Waals surface area (Å²) in [5, 5.41) is 11.7. The number of nitrogens with one attached hydrogen (secondary N) is 1. The van der Waals surface area contributed by atoms with Crippen LogP contribution in [0.2, 0.25) is 0 Å². The monoisotopic (exact) mass is 329 g/mol. The van der Waals surface area contributed by atoms with Crippen LogP contribution < -0.4 is 10.1 Å². The van der Waals surface area contributed by atoms with E-state index < -0.39 is 11.9 Å². The average Bonchev–Trinajstić information content (AvgIpc) is 2.76. The maximum absolute atomic E-state index is 14.5. The van der Waals surface area contributed by atoms with Gasteiger partial charge in [-0.2, -0.15) is 0 Å². The van der Waals surface area contributed by atoms with Crippen molar-refractivity contribution in [2.75, 3.05) is 7.11 Å². The minimum atomic E-state index is -1.04. The lowest BCUT2D eigenvalue weighted by Gasteiger charge is -2.27. The third-order valence-electron chi connectivity index (χ3n) is 4.64. The summed E-state index contributed by atoms with van der Waals surface area (Å²) in [4.78, 5) is 11.1. The highest BCUT2D eigenvalue weighted by molar-refractivity contribution is 5.69. The Hall–Kier alpha value is -2.56. The number of fused-ring (bicyclic) bond motifs is 1. The summed E-state index contributed by atoms with van der Waals surface area (Å²) in [7, 11) is 1.44. The first-order chi connectivity index (χ1) is 11.3. The molecular weight excluding hydrogens is 309 g/mol. The van der Waals surface area contributed by atoms with Gasteiger partial charge in [0.05, 0.1) is 13.2 Å². The molecule has 0 aromatic heterocycles. The van der Waals surface area contributed by atoms with Gasteiger partial charge < -0.3 is 15.2 Å². The Bertz CT molecular complexity index is 801. The summed E-state index contributed by atoms with van der Waals surface area (Å²) < 4.78 is 19.5. The molecule has 0 spiro atoms. The van der Waals surface area contributed by atoms with Crippen LogP contribution in [0.1, 0.15) is 31.0 Å². The minimum Gasteiger partial charge on any atom is -0.494 e. The highest BCUT2D eigenvalue weighted by atomic mass is 19.1. The fourth-order valence-electron chi connectivity index (χ4n) is 3.51. The molecule has 1 unspecified atom stereocenters. The Kier molecular flexibility index (Phi) is 3.95. The predicted molar refractivity (Wildman–Crippen MR) is 89.8 cm³/mol. The fraction of sp³-hybridized carbons (Fsp3) is 0.316. The SMILES string of the molecule is COc1cccc(-c2ccc3c(c2)CC(C)(C)C3NC(=O)O)c1F. The summed E-state index contributed by atoms with van der Waals surface area (Å²) in [5.41, 5.74) is 3.00. The second-order valence-electron chi connectivity index (χ2n) is 6.78. The van der Waals surface area contributed by atoms with Gasteiger partial charge in [-0.1, -0.05) is 44.2 Å². The van der Waals surface area contributed by atoms with E-state index in [0.717, 1.165) is 23.1 Å². The van der Waals surface area contributed by atoms with E-state index in [2.05, 4.69) is 5.32 Å². The van der Waals surface area contributed by atoms with Crippen LogP contribution in [0, 0.1) is 11.2 Å². The van der Waals surface area contributed by atoms with Crippen molar-refractivity contribution in [2.45, 2.75) is 26.3 Å². The normalized spacial score (nSPS) is 18.1. The van der Waals surface area contributed by atoms with Gasteiger partial charge >= 0.3 is 6.09 Å². The van der Waals surface area contributed by atoms with Crippen molar-refractivity contribution in [2.24, 2.45) is 5.41 Å². The number of rotatable bonds is 3. The molecule has 1 amide bonds. The zero-order valence-corrected chi connectivity index (χ0v) is 13.9. The van der Waals surface area contributed by atoms with Gasteiger partial charge in [-0.05, 0) is 34.6 Å². The molecule has 0 fully saturated rings. The molecule has 0 aliphatic heterocycles. The van der Waals surface area contributed by atoms with E-state index in [1.807, 2.05) is 32.0 Å².